The molecule has 2 aliphatic rings. The van der Waals surface area contributed by atoms with Crippen LogP contribution in [0.1, 0.15) is 67.8 Å². The molecular weight excluding hydrogens is 392 g/mol. The van der Waals surface area contributed by atoms with Crippen molar-refractivity contribution in [1.29, 1.82) is 0 Å². The molecule has 1 amide bonds. The first kappa shape index (κ1) is 21.8. The molecule has 0 radical (unpaired) electrons. The summed E-state index contributed by atoms with van der Waals surface area (Å²) in [6, 6.07) is 4.65. The van der Waals surface area contributed by atoms with Gasteiger partial charge in [-0.05, 0) is 57.2 Å². The largest absolute Gasteiger partial charge is 0.449 e. The van der Waals surface area contributed by atoms with Crippen molar-refractivity contribution in [2.24, 2.45) is 0 Å². The van der Waals surface area contributed by atoms with E-state index in [-0.39, 0.29) is 22.4 Å². The Kier molecular flexibility index (Phi) is 6.95. The van der Waals surface area contributed by atoms with Crippen LogP contribution >= 0.6 is 0 Å². The van der Waals surface area contributed by atoms with E-state index in [1.54, 1.807) is 13.0 Å². The van der Waals surface area contributed by atoms with Gasteiger partial charge in [0, 0.05) is 19.1 Å². The van der Waals surface area contributed by atoms with Gasteiger partial charge in [0.25, 0.3) is 5.91 Å². The van der Waals surface area contributed by atoms with Gasteiger partial charge in [-0.2, -0.15) is 4.31 Å². The van der Waals surface area contributed by atoms with Crippen molar-refractivity contribution in [2.75, 3.05) is 13.1 Å². The molecule has 1 aromatic carbocycles. The first-order chi connectivity index (χ1) is 13.8. The zero-order chi connectivity index (χ0) is 21.0. The molecule has 0 bridgehead atoms. The monoisotopic (exact) mass is 422 g/mol. The Bertz CT molecular complexity index is 856. The number of benzene rings is 1. The van der Waals surface area contributed by atoms with Crippen LogP contribution in [0.15, 0.2) is 23.1 Å². The summed E-state index contributed by atoms with van der Waals surface area (Å²) in [5.74, 6) is -1.02. The van der Waals surface area contributed by atoms with Gasteiger partial charge >= 0.3 is 5.97 Å². The molecule has 1 aromatic rings. The first-order valence-corrected chi connectivity index (χ1v) is 11.8. The predicted molar refractivity (Wildman–Crippen MR) is 109 cm³/mol. The number of hydrogen-bond acceptors (Lipinski definition) is 5. The number of nitrogens with zero attached hydrogens (tertiary/aromatic N) is 1. The van der Waals surface area contributed by atoms with Crippen LogP contribution in [0.5, 0.6) is 0 Å². The van der Waals surface area contributed by atoms with E-state index in [1.807, 2.05) is 0 Å². The maximum atomic E-state index is 13.0. The molecule has 2 fully saturated rings. The molecule has 0 spiro atoms. The Hall–Kier alpha value is -1.93. The summed E-state index contributed by atoms with van der Waals surface area (Å²) in [4.78, 5) is 24.9. The summed E-state index contributed by atoms with van der Waals surface area (Å²) in [7, 11) is -3.66. The van der Waals surface area contributed by atoms with Gasteiger partial charge < -0.3 is 10.1 Å². The smallest absolute Gasteiger partial charge is 0.338 e. The van der Waals surface area contributed by atoms with Gasteiger partial charge in [-0.3, -0.25) is 4.79 Å². The molecule has 1 aliphatic carbocycles. The Morgan fingerprint density at radius 2 is 1.76 bits per heavy atom. The summed E-state index contributed by atoms with van der Waals surface area (Å²) < 4.78 is 32.8. The van der Waals surface area contributed by atoms with Crippen LogP contribution in [-0.2, 0) is 19.6 Å². The summed E-state index contributed by atoms with van der Waals surface area (Å²) in [5, 5.41) is 2.90. The van der Waals surface area contributed by atoms with Crippen LogP contribution < -0.4 is 5.32 Å². The van der Waals surface area contributed by atoms with E-state index < -0.39 is 22.1 Å². The van der Waals surface area contributed by atoms with Gasteiger partial charge in [0.05, 0.1) is 10.5 Å². The van der Waals surface area contributed by atoms with E-state index in [2.05, 4.69) is 5.32 Å². The van der Waals surface area contributed by atoms with Gasteiger partial charge in [0.15, 0.2) is 6.10 Å². The number of rotatable bonds is 6. The number of ether oxygens (including phenoxy) is 1. The summed E-state index contributed by atoms with van der Waals surface area (Å²) in [6.45, 7) is 4.23. The van der Waals surface area contributed by atoms with Crippen molar-refractivity contribution in [3.05, 3.63) is 29.3 Å². The van der Waals surface area contributed by atoms with Crippen molar-refractivity contribution in [1.82, 2.24) is 9.62 Å². The Morgan fingerprint density at radius 1 is 1.10 bits per heavy atom. The normalized spacial score (nSPS) is 19.7. The lowest BCUT2D eigenvalue weighted by Gasteiger charge is -2.26. The summed E-state index contributed by atoms with van der Waals surface area (Å²) >= 11 is 0. The minimum absolute atomic E-state index is 0.122. The molecule has 7 nitrogen and oxygen atoms in total. The van der Waals surface area contributed by atoms with E-state index in [0.29, 0.717) is 18.7 Å². The van der Waals surface area contributed by atoms with Crippen LogP contribution in [0.25, 0.3) is 0 Å². The van der Waals surface area contributed by atoms with E-state index >= 15 is 0 Å². The maximum Gasteiger partial charge on any atom is 0.338 e. The van der Waals surface area contributed by atoms with Crippen LogP contribution in [-0.4, -0.2) is 49.8 Å². The van der Waals surface area contributed by atoms with E-state index in [0.717, 1.165) is 44.9 Å². The average Bonchev–Trinajstić information content (AvgIpc) is 3.21. The highest BCUT2D eigenvalue weighted by Gasteiger charge is 2.29. The second-order valence-corrected chi connectivity index (χ2v) is 9.89. The molecule has 29 heavy (non-hydrogen) atoms. The molecule has 1 heterocycles. The number of esters is 1. The summed E-state index contributed by atoms with van der Waals surface area (Å²) in [5.41, 5.74) is 0.714. The third-order valence-electron chi connectivity index (χ3n) is 5.71. The number of aryl methyl sites for hydroxylation is 1. The fraction of sp³-hybridized carbons (Fsp3) is 0.619. The molecule has 3 rings (SSSR count). The van der Waals surface area contributed by atoms with Crippen LogP contribution in [0.4, 0.5) is 0 Å². The van der Waals surface area contributed by atoms with Gasteiger partial charge in [-0.1, -0.05) is 25.3 Å². The lowest BCUT2D eigenvalue weighted by atomic mass is 10.1. The molecule has 8 heteroatoms. The highest BCUT2D eigenvalue weighted by Crippen LogP contribution is 2.25. The predicted octanol–water partition coefficient (Wildman–Crippen LogP) is 2.77. The zero-order valence-corrected chi connectivity index (χ0v) is 18.0. The molecular formula is C21H30N2O5S. The van der Waals surface area contributed by atoms with Crippen molar-refractivity contribution < 1.29 is 22.7 Å². The third-order valence-corrected chi connectivity index (χ3v) is 7.75. The van der Waals surface area contributed by atoms with Crippen molar-refractivity contribution in [3.8, 4) is 0 Å². The second-order valence-electron chi connectivity index (χ2n) is 7.98. The SMILES string of the molecule is Cc1ccc(C(=O)O[C@H](C)C(=O)NC2CCCC2)cc1S(=O)(=O)N1CCCCC1. The van der Waals surface area contributed by atoms with Crippen molar-refractivity contribution >= 4 is 21.9 Å². The molecule has 1 aliphatic heterocycles. The van der Waals surface area contributed by atoms with Gasteiger partial charge in [0.2, 0.25) is 10.0 Å². The molecule has 1 N–H and O–H groups in total. The van der Waals surface area contributed by atoms with Crippen molar-refractivity contribution in [3.63, 3.8) is 0 Å². The highest BCUT2D eigenvalue weighted by atomic mass is 32.2. The number of piperidine rings is 1. The Morgan fingerprint density at radius 3 is 2.41 bits per heavy atom. The molecule has 0 unspecified atom stereocenters. The van der Waals surface area contributed by atoms with Crippen LogP contribution in [0.2, 0.25) is 0 Å². The number of hydrogen-bond donors (Lipinski definition) is 1. The standard InChI is InChI=1S/C21H30N2O5S/c1-15-10-11-17(14-19(15)29(26,27)23-12-6-3-7-13-23)21(25)28-16(2)20(24)22-18-8-4-5-9-18/h10-11,14,16,18H,3-9,12-13H2,1-2H3,(H,22,24)/t16-/m1/s1. The topological polar surface area (TPSA) is 92.8 Å². The first-order valence-electron chi connectivity index (χ1n) is 10.4. The molecule has 1 saturated carbocycles. The molecule has 1 saturated heterocycles. The van der Waals surface area contributed by atoms with E-state index in [1.165, 1.54) is 23.4 Å². The number of carbonyl (C=O) groups excluding carboxylic acids is 2. The van der Waals surface area contributed by atoms with E-state index in [9.17, 15) is 18.0 Å². The second kappa shape index (κ2) is 9.26. The number of sulfonamides is 1. The molecule has 1 atom stereocenters. The summed E-state index contributed by atoms with van der Waals surface area (Å²) in [6.07, 6.45) is 5.85. The molecule has 0 aromatic heterocycles. The van der Waals surface area contributed by atoms with Gasteiger partial charge in [-0.15, -0.1) is 0 Å². The van der Waals surface area contributed by atoms with Gasteiger partial charge in [-0.25, -0.2) is 13.2 Å². The number of amides is 1. The maximum absolute atomic E-state index is 13.0. The lowest BCUT2D eigenvalue weighted by molar-refractivity contribution is -0.129. The van der Waals surface area contributed by atoms with Crippen LogP contribution in [0.3, 0.4) is 0 Å². The fourth-order valence-electron chi connectivity index (χ4n) is 3.92. The third kappa shape index (κ3) is 5.17. The van der Waals surface area contributed by atoms with Crippen molar-refractivity contribution in [2.45, 2.75) is 75.8 Å². The highest BCUT2D eigenvalue weighted by molar-refractivity contribution is 7.89. The van der Waals surface area contributed by atoms with E-state index in [4.69, 9.17) is 4.74 Å². The minimum Gasteiger partial charge on any atom is -0.449 e. The minimum atomic E-state index is -3.66. The number of carbonyl (C=O) groups is 2. The molecule has 160 valence electrons. The average molecular weight is 423 g/mol. The quantitative estimate of drug-likeness (QED) is 0.712. The number of nitrogens with one attached hydrogen (secondary N) is 1. The fourth-order valence-corrected chi connectivity index (χ4v) is 5.69. The Labute approximate surface area is 172 Å². The van der Waals surface area contributed by atoms with Crippen LogP contribution in [0, 0.1) is 6.92 Å². The Balaban J connectivity index is 1.71. The van der Waals surface area contributed by atoms with Gasteiger partial charge in [0.1, 0.15) is 0 Å². The lowest BCUT2D eigenvalue weighted by Crippen LogP contribution is -2.40. The zero-order valence-electron chi connectivity index (χ0n) is 17.1.